The Morgan fingerprint density at radius 3 is 2.33 bits per heavy atom. The molecule has 0 aliphatic carbocycles. The van der Waals surface area contributed by atoms with Gasteiger partial charge in [-0.05, 0) is 43.5 Å². The quantitative estimate of drug-likeness (QED) is 0.385. The number of hydrogen-bond acceptors (Lipinski definition) is 4. The van der Waals surface area contributed by atoms with Crippen LogP contribution in [0.2, 0.25) is 5.02 Å². The Morgan fingerprint density at radius 1 is 1.03 bits per heavy atom. The minimum atomic E-state index is -3.69. The molecule has 0 unspecified atom stereocenters. The molecule has 1 N–H and O–H groups in total. The number of rotatable bonds is 12. The summed E-state index contributed by atoms with van der Waals surface area (Å²) >= 11 is 6.47. The third-order valence-corrected chi connectivity index (χ3v) is 9.20. The average Bonchev–Trinajstić information content (AvgIpc) is 3.65. The molecule has 13 heteroatoms. The lowest BCUT2D eigenvalue weighted by Crippen LogP contribution is -2.49. The van der Waals surface area contributed by atoms with Crippen molar-refractivity contribution in [2.24, 2.45) is 5.92 Å². The van der Waals surface area contributed by atoms with Gasteiger partial charge in [-0.15, -0.1) is 0 Å². The zero-order valence-corrected chi connectivity index (χ0v) is 22.7. The van der Waals surface area contributed by atoms with Gasteiger partial charge in [0.25, 0.3) is 10.2 Å². The second kappa shape index (κ2) is 12.7. The summed E-state index contributed by atoms with van der Waals surface area (Å²) in [6.07, 6.45) is -0.0730. The molecule has 0 spiro atoms. The van der Waals surface area contributed by atoms with Gasteiger partial charge >= 0.3 is 0 Å². The third kappa shape index (κ3) is 6.74. The molecule has 2 aromatic rings. The van der Waals surface area contributed by atoms with E-state index >= 15 is 0 Å². The van der Waals surface area contributed by atoms with Crippen molar-refractivity contribution in [2.45, 2.75) is 31.3 Å². The van der Waals surface area contributed by atoms with Crippen molar-refractivity contribution < 1.29 is 31.2 Å². The molecule has 0 bridgehead atoms. The molecule has 2 aliphatic rings. The molecule has 2 amide bonds. The van der Waals surface area contributed by atoms with E-state index < -0.39 is 59.2 Å². The van der Waals surface area contributed by atoms with Gasteiger partial charge in [0.15, 0.2) is 0 Å². The highest BCUT2D eigenvalue weighted by Gasteiger charge is 2.45. The Hall–Kier alpha value is -2.67. The maximum Gasteiger partial charge on any atom is 0.282 e. The fourth-order valence-corrected chi connectivity index (χ4v) is 6.54. The molecule has 0 radical (unpaired) electrons. The van der Waals surface area contributed by atoms with E-state index in [0.717, 1.165) is 11.0 Å². The Bertz CT molecular complexity index is 1290. The number of benzene rings is 2. The van der Waals surface area contributed by atoms with Crippen molar-refractivity contribution in [3.8, 4) is 0 Å². The summed E-state index contributed by atoms with van der Waals surface area (Å²) in [5, 5.41) is 2.78. The number of nitrogens with zero attached hydrogens (tertiary/aromatic N) is 3. The van der Waals surface area contributed by atoms with Crippen LogP contribution in [0.4, 0.5) is 18.9 Å². The van der Waals surface area contributed by atoms with Gasteiger partial charge in [-0.2, -0.15) is 17.0 Å². The zero-order chi connectivity index (χ0) is 28.2. The second-order valence-electron chi connectivity index (χ2n) is 9.52. The van der Waals surface area contributed by atoms with E-state index in [1.807, 2.05) is 0 Å². The van der Waals surface area contributed by atoms with E-state index in [2.05, 4.69) is 5.32 Å². The molecule has 8 nitrogen and oxygen atoms in total. The van der Waals surface area contributed by atoms with Crippen molar-refractivity contribution in [3.63, 3.8) is 0 Å². The van der Waals surface area contributed by atoms with Gasteiger partial charge in [0.2, 0.25) is 11.8 Å². The van der Waals surface area contributed by atoms with Crippen LogP contribution < -0.4 is 10.2 Å². The van der Waals surface area contributed by atoms with Crippen LogP contribution in [0.3, 0.4) is 0 Å². The van der Waals surface area contributed by atoms with Crippen LogP contribution in [0.25, 0.3) is 0 Å². The highest BCUT2D eigenvalue weighted by atomic mass is 35.5. The van der Waals surface area contributed by atoms with E-state index in [4.69, 9.17) is 11.6 Å². The van der Waals surface area contributed by atoms with Crippen LogP contribution >= 0.6 is 11.6 Å². The lowest BCUT2D eigenvalue weighted by Gasteiger charge is -2.34. The Morgan fingerprint density at radius 2 is 1.72 bits per heavy atom. The van der Waals surface area contributed by atoms with Crippen molar-refractivity contribution in [1.82, 2.24) is 13.9 Å². The molecule has 39 heavy (non-hydrogen) atoms. The van der Waals surface area contributed by atoms with Gasteiger partial charge in [0, 0.05) is 48.5 Å². The van der Waals surface area contributed by atoms with Crippen LogP contribution in [0, 0.1) is 11.7 Å². The van der Waals surface area contributed by atoms with Crippen molar-refractivity contribution >= 4 is 39.3 Å². The number of hydrogen-bond donors (Lipinski definition) is 1. The monoisotopic (exact) mass is 586 g/mol. The normalized spacial score (nSPS) is 18.7. The first-order chi connectivity index (χ1) is 18.7. The zero-order valence-electron chi connectivity index (χ0n) is 21.1. The maximum absolute atomic E-state index is 14.4. The summed E-state index contributed by atoms with van der Waals surface area (Å²) in [5.41, 5.74) is 0.278. The summed E-state index contributed by atoms with van der Waals surface area (Å²) in [6, 6.07) is 9.16. The van der Waals surface area contributed by atoms with Gasteiger partial charge in [-0.3, -0.25) is 23.3 Å². The van der Waals surface area contributed by atoms with E-state index in [-0.39, 0.29) is 48.6 Å². The second-order valence-corrected chi connectivity index (χ2v) is 11.9. The molecule has 2 saturated heterocycles. The minimum absolute atomic E-state index is 0.0554. The number of halogens is 4. The highest BCUT2D eigenvalue weighted by molar-refractivity contribution is 7.87. The maximum atomic E-state index is 14.4. The summed E-state index contributed by atoms with van der Waals surface area (Å²) < 4.78 is 68.7. The summed E-state index contributed by atoms with van der Waals surface area (Å²) in [4.78, 5) is 29.0. The third-order valence-electron chi connectivity index (χ3n) is 6.85. The van der Waals surface area contributed by atoms with Crippen LogP contribution in [-0.2, 0) is 19.8 Å². The number of carbonyl (C=O) groups excluding carboxylic acids is 2. The Balaban J connectivity index is 1.75. The SMILES string of the molecule is O=C(NC(CCF)CCF)[C@H](c1ccccc1Cl)N(C(=O)[C@@H]1CCN(S(=O)(=O)N2CC2)C1)c1cccc(F)c1. The minimum Gasteiger partial charge on any atom is -0.351 e. The summed E-state index contributed by atoms with van der Waals surface area (Å²) in [7, 11) is -3.69. The van der Waals surface area contributed by atoms with E-state index in [0.29, 0.717) is 13.1 Å². The lowest BCUT2D eigenvalue weighted by molar-refractivity contribution is -0.128. The Labute approximate surface area is 230 Å². The van der Waals surface area contributed by atoms with Gasteiger partial charge in [-0.1, -0.05) is 35.9 Å². The van der Waals surface area contributed by atoms with Crippen LogP contribution in [-0.4, -0.2) is 74.4 Å². The molecule has 0 saturated carbocycles. The van der Waals surface area contributed by atoms with E-state index in [9.17, 15) is 31.2 Å². The smallest absolute Gasteiger partial charge is 0.282 e. The number of nitrogens with one attached hydrogen (secondary N) is 1. The fraction of sp³-hybridized carbons (Fsp3) is 0.462. The highest BCUT2D eigenvalue weighted by Crippen LogP contribution is 2.36. The molecule has 2 aliphatic heterocycles. The van der Waals surface area contributed by atoms with Crippen molar-refractivity contribution in [2.75, 3.05) is 44.4 Å². The molecule has 4 rings (SSSR count). The number of amides is 2. The molecule has 0 aromatic heterocycles. The molecule has 2 atom stereocenters. The predicted octanol–water partition coefficient (Wildman–Crippen LogP) is 3.64. The van der Waals surface area contributed by atoms with Gasteiger partial charge < -0.3 is 5.32 Å². The standard InChI is InChI=1S/C26H30ClF3N4O4S/c27-23-7-2-1-6-22(23)24(25(35)31-20(8-11-28)9-12-29)34(21-5-3-4-19(30)16-21)26(36)18-10-13-33(17-18)39(37,38)32-14-15-32/h1-7,16,18,20,24H,8-15,17H2,(H,31,35)/t18-,24+/m1/s1. The molecule has 2 heterocycles. The van der Waals surface area contributed by atoms with E-state index in [1.54, 1.807) is 12.1 Å². The Kier molecular flexibility index (Phi) is 9.52. The molecule has 2 aromatic carbocycles. The van der Waals surface area contributed by atoms with Crippen molar-refractivity contribution in [1.29, 1.82) is 0 Å². The van der Waals surface area contributed by atoms with Gasteiger partial charge in [0.05, 0.1) is 19.3 Å². The first-order valence-corrected chi connectivity index (χ1v) is 14.5. The fourth-order valence-electron chi connectivity index (χ4n) is 4.73. The topological polar surface area (TPSA) is 89.8 Å². The molecular weight excluding hydrogens is 557 g/mol. The number of alkyl halides is 2. The van der Waals surface area contributed by atoms with Crippen LogP contribution in [0.5, 0.6) is 0 Å². The molecule has 212 valence electrons. The first kappa shape index (κ1) is 29.3. The lowest BCUT2D eigenvalue weighted by atomic mass is 9.98. The average molecular weight is 587 g/mol. The van der Waals surface area contributed by atoms with Crippen LogP contribution in [0.1, 0.15) is 30.9 Å². The summed E-state index contributed by atoms with van der Waals surface area (Å²) in [6.45, 7) is -0.743. The van der Waals surface area contributed by atoms with Crippen LogP contribution in [0.15, 0.2) is 48.5 Å². The molecular formula is C26H30ClF3N4O4S. The predicted molar refractivity (Wildman–Crippen MR) is 141 cm³/mol. The van der Waals surface area contributed by atoms with E-state index in [1.165, 1.54) is 38.9 Å². The number of anilines is 1. The first-order valence-electron chi connectivity index (χ1n) is 12.7. The largest absolute Gasteiger partial charge is 0.351 e. The number of carbonyl (C=O) groups is 2. The van der Waals surface area contributed by atoms with Gasteiger partial charge in [-0.25, -0.2) is 4.39 Å². The van der Waals surface area contributed by atoms with Crippen molar-refractivity contribution in [3.05, 3.63) is 64.9 Å². The summed E-state index contributed by atoms with van der Waals surface area (Å²) in [5.74, 6) is -2.84. The van der Waals surface area contributed by atoms with Gasteiger partial charge in [0.1, 0.15) is 11.9 Å². The molecule has 2 fully saturated rings.